The molecule has 10 rings (SSSR count). The van der Waals surface area contributed by atoms with Crippen molar-refractivity contribution < 1.29 is 62.0 Å². The van der Waals surface area contributed by atoms with E-state index in [2.05, 4.69) is 37.4 Å². The molecule has 5 aromatic rings. The molecule has 3 aliphatic heterocycles. The lowest BCUT2D eigenvalue weighted by molar-refractivity contribution is -0.135. The van der Waals surface area contributed by atoms with Crippen molar-refractivity contribution in [1.82, 2.24) is 14.7 Å². The minimum atomic E-state index is -1.04. The highest BCUT2D eigenvalue weighted by atomic mass is 16.6. The van der Waals surface area contributed by atoms with E-state index in [1.807, 2.05) is 131 Å². The number of carbonyl (C=O) groups excluding carboxylic acids is 7. The fourth-order valence-corrected chi connectivity index (χ4v) is 9.96. The van der Waals surface area contributed by atoms with Crippen LogP contribution in [0.2, 0.25) is 0 Å². The number of fused-ring (bicyclic) bond motifs is 6. The van der Waals surface area contributed by atoms with E-state index in [1.54, 1.807) is 20.8 Å². The maximum atomic E-state index is 12.8. The number of amides is 6. The zero-order valence-corrected chi connectivity index (χ0v) is 42.9. The second-order valence-corrected chi connectivity index (χ2v) is 20.1. The van der Waals surface area contributed by atoms with Gasteiger partial charge in [0.05, 0.1) is 0 Å². The van der Waals surface area contributed by atoms with Crippen molar-refractivity contribution in [3.63, 3.8) is 0 Å². The Morgan fingerprint density at radius 2 is 0.855 bits per heavy atom. The van der Waals surface area contributed by atoms with Crippen molar-refractivity contribution in [3.05, 3.63) is 180 Å². The van der Waals surface area contributed by atoms with Crippen LogP contribution in [0.25, 0.3) is 22.3 Å². The molecular formula is C60H63N3O13. The van der Waals surface area contributed by atoms with Gasteiger partial charge in [0.2, 0.25) is 0 Å². The van der Waals surface area contributed by atoms with Gasteiger partial charge in [-0.1, -0.05) is 176 Å². The zero-order chi connectivity index (χ0) is 53.9. The van der Waals surface area contributed by atoms with Crippen LogP contribution in [-0.2, 0) is 39.6 Å². The summed E-state index contributed by atoms with van der Waals surface area (Å²) in [5.41, 5.74) is 9.08. The summed E-state index contributed by atoms with van der Waals surface area (Å²) in [7, 11) is 0. The standard InChI is InChI=1S/C25H19NO5.C22H21NO4.C12H19NO4.CH4/c27-23-22(14-16-8-2-1-3-9-16)26(25(29)31-23)24(28)30-15-21-19-12-6-4-10-17(19)18-11-5-7-13-20(18)21;1-13(2)20-14(3)27-22(25)23(20)21(24)26-12-19-17-10-6-4-8-15(17)16-9-5-7-11-18(16)19;1-7(2)9-8(3)16-10(14)13(9)11(15)17-12(4,5)6;/h1-13,21-22H,14-15H2;4-11,13,19-20H,3,12H2,1-2H3;7,9H,3H2,1-2,4-6H3;1H4. The van der Waals surface area contributed by atoms with E-state index in [1.165, 1.54) is 0 Å². The summed E-state index contributed by atoms with van der Waals surface area (Å²) in [6.45, 7) is 20.4. The van der Waals surface area contributed by atoms with Crippen LogP contribution < -0.4 is 0 Å². The van der Waals surface area contributed by atoms with E-state index < -0.39 is 66.3 Å². The van der Waals surface area contributed by atoms with Crippen molar-refractivity contribution in [2.24, 2.45) is 11.8 Å². The van der Waals surface area contributed by atoms with Crippen LogP contribution >= 0.6 is 0 Å². The molecule has 0 N–H and O–H groups in total. The molecule has 396 valence electrons. The van der Waals surface area contributed by atoms with Gasteiger partial charge in [-0.05, 0) is 82.7 Å². The van der Waals surface area contributed by atoms with Gasteiger partial charge in [-0.3, -0.25) is 0 Å². The zero-order valence-electron chi connectivity index (χ0n) is 42.9. The number of ether oxygens (including phenoxy) is 6. The van der Waals surface area contributed by atoms with E-state index in [-0.39, 0.29) is 62.3 Å². The van der Waals surface area contributed by atoms with Gasteiger partial charge in [-0.15, -0.1) is 0 Å². The first kappa shape index (κ1) is 55.2. The Hall–Kier alpha value is -8.53. The number of cyclic esters (lactones) is 4. The molecule has 3 unspecified atom stereocenters. The first-order valence-electron chi connectivity index (χ1n) is 24.7. The van der Waals surface area contributed by atoms with E-state index in [9.17, 15) is 33.6 Å². The third-order valence-corrected chi connectivity index (χ3v) is 13.2. The fourth-order valence-electron chi connectivity index (χ4n) is 9.96. The monoisotopic (exact) mass is 1030 g/mol. The molecule has 16 nitrogen and oxygen atoms in total. The lowest BCUT2D eigenvalue weighted by atomic mass is 9.98. The topological polar surface area (TPSA) is 185 Å². The predicted molar refractivity (Wildman–Crippen MR) is 283 cm³/mol. The molecule has 0 radical (unpaired) electrons. The minimum Gasteiger partial charge on any atom is -0.448 e. The summed E-state index contributed by atoms with van der Waals surface area (Å²) in [6, 6.07) is 39.4. The summed E-state index contributed by atoms with van der Waals surface area (Å²) >= 11 is 0. The Balaban J connectivity index is 0.000000172. The van der Waals surface area contributed by atoms with Gasteiger partial charge in [0.25, 0.3) is 0 Å². The first-order valence-corrected chi connectivity index (χ1v) is 24.7. The van der Waals surface area contributed by atoms with Crippen LogP contribution in [0.1, 0.15) is 95.5 Å². The van der Waals surface area contributed by atoms with E-state index >= 15 is 0 Å². The second kappa shape index (κ2) is 22.9. The highest BCUT2D eigenvalue weighted by Crippen LogP contribution is 2.46. The minimum absolute atomic E-state index is 0. The van der Waals surface area contributed by atoms with Crippen LogP contribution in [-0.4, -0.2) is 94.2 Å². The summed E-state index contributed by atoms with van der Waals surface area (Å²) in [5.74, 6) is -0.355. The van der Waals surface area contributed by atoms with Gasteiger partial charge in [-0.25, -0.2) is 43.4 Å². The Labute approximate surface area is 442 Å². The molecular weight excluding hydrogens is 971 g/mol. The highest BCUT2D eigenvalue weighted by molar-refractivity contribution is 6.04. The number of benzene rings is 5. The van der Waals surface area contributed by atoms with Gasteiger partial charge >= 0.3 is 42.5 Å². The predicted octanol–water partition coefficient (Wildman–Crippen LogP) is 13.0. The molecule has 3 atom stereocenters. The Morgan fingerprint density at radius 1 is 0.513 bits per heavy atom. The number of carbonyl (C=O) groups is 7. The lowest BCUT2D eigenvalue weighted by Crippen LogP contribution is -2.44. The highest BCUT2D eigenvalue weighted by Gasteiger charge is 2.48. The van der Waals surface area contributed by atoms with E-state index in [0.717, 1.165) is 64.8 Å². The quantitative estimate of drug-likeness (QED) is 0.0813. The fraction of sp³-hybridized carbons (Fsp3) is 0.317. The van der Waals surface area contributed by atoms with Crippen molar-refractivity contribution >= 4 is 42.5 Å². The normalized spacial score (nSPS) is 18.3. The summed E-state index contributed by atoms with van der Waals surface area (Å²) in [4.78, 5) is 88.2. The number of hydrogen-bond acceptors (Lipinski definition) is 13. The molecule has 76 heavy (non-hydrogen) atoms. The molecule has 6 amide bonds. The van der Waals surface area contributed by atoms with Crippen molar-refractivity contribution in [2.75, 3.05) is 13.2 Å². The van der Waals surface area contributed by atoms with Gasteiger partial charge in [0.1, 0.15) is 48.5 Å². The Morgan fingerprint density at radius 3 is 1.24 bits per heavy atom. The molecule has 0 aromatic heterocycles. The van der Waals surface area contributed by atoms with Crippen LogP contribution in [0.3, 0.4) is 0 Å². The summed E-state index contributed by atoms with van der Waals surface area (Å²) in [6.07, 6.45) is -4.53. The smallest absolute Gasteiger partial charge is 0.427 e. The molecule has 3 fully saturated rings. The number of hydrogen-bond donors (Lipinski definition) is 0. The second-order valence-electron chi connectivity index (χ2n) is 20.1. The van der Waals surface area contributed by atoms with Crippen molar-refractivity contribution in [3.8, 4) is 22.3 Å². The molecule has 5 aromatic carbocycles. The Bertz CT molecular complexity index is 2980. The SMILES string of the molecule is C.C=C1OC(=O)N(C(=O)OC(C)(C)C)C1C(C)C.C=C1OC(=O)N(C(=O)OCC2c3ccccc3-c3ccccc32)C1C(C)C.O=C1OC(=O)N(C(=O)OCC2c3ccccc3-c3ccccc32)C1Cc1ccccc1. The summed E-state index contributed by atoms with van der Waals surface area (Å²) in [5, 5.41) is 0. The number of nitrogens with zero attached hydrogens (tertiary/aromatic N) is 3. The average molecular weight is 1030 g/mol. The number of esters is 1. The maximum Gasteiger partial charge on any atom is 0.427 e. The van der Waals surface area contributed by atoms with Crippen LogP contribution in [0.4, 0.5) is 28.8 Å². The van der Waals surface area contributed by atoms with Crippen molar-refractivity contribution in [2.45, 2.75) is 97.9 Å². The molecule has 0 bridgehead atoms. The van der Waals surface area contributed by atoms with Crippen LogP contribution in [0.5, 0.6) is 0 Å². The largest absolute Gasteiger partial charge is 0.448 e. The summed E-state index contributed by atoms with van der Waals surface area (Å²) < 4.78 is 30.9. The Kier molecular flexibility index (Phi) is 16.7. The molecule has 5 aliphatic rings. The number of rotatable bonds is 8. The lowest BCUT2D eigenvalue weighted by Gasteiger charge is -2.26. The van der Waals surface area contributed by atoms with Gasteiger partial charge in [-0.2, -0.15) is 4.90 Å². The third-order valence-electron chi connectivity index (χ3n) is 13.2. The van der Waals surface area contributed by atoms with Gasteiger partial charge in [0, 0.05) is 18.3 Å². The molecule has 0 spiro atoms. The van der Waals surface area contributed by atoms with Crippen LogP contribution in [0, 0.1) is 11.8 Å². The van der Waals surface area contributed by atoms with Gasteiger partial charge < -0.3 is 28.4 Å². The van der Waals surface area contributed by atoms with Crippen LogP contribution in [0.15, 0.2) is 152 Å². The van der Waals surface area contributed by atoms with Crippen molar-refractivity contribution in [1.29, 1.82) is 0 Å². The molecule has 0 saturated carbocycles. The number of imide groups is 3. The van der Waals surface area contributed by atoms with E-state index in [0.29, 0.717) is 0 Å². The molecule has 3 saturated heterocycles. The third kappa shape index (κ3) is 11.4. The average Bonchev–Trinajstić information content (AvgIpc) is 4.13. The molecule has 2 aliphatic carbocycles. The van der Waals surface area contributed by atoms with Gasteiger partial charge in [0.15, 0.2) is 0 Å². The molecule has 3 heterocycles. The first-order chi connectivity index (χ1) is 35.7. The molecule has 16 heteroatoms. The van der Waals surface area contributed by atoms with E-state index in [4.69, 9.17) is 28.4 Å². The maximum absolute atomic E-state index is 12.8.